The Morgan fingerprint density at radius 3 is 2.83 bits per heavy atom. The predicted molar refractivity (Wildman–Crippen MR) is 48.1 cm³/mol. The van der Waals surface area contributed by atoms with E-state index in [-0.39, 0.29) is 11.9 Å². The van der Waals surface area contributed by atoms with Gasteiger partial charge in [0.2, 0.25) is 5.91 Å². The van der Waals surface area contributed by atoms with Gasteiger partial charge in [-0.2, -0.15) is 0 Å². The summed E-state index contributed by atoms with van der Waals surface area (Å²) < 4.78 is 11.0. The topological polar surface area (TPSA) is 63.4 Å². The Bertz CT molecular complexity index is 208. The number of amides is 1. The van der Waals surface area contributed by atoms with E-state index in [1.54, 1.807) is 4.90 Å². The minimum atomic E-state index is -0.776. The molecule has 4 nitrogen and oxygen atoms in total. The Hall–Kier alpha value is -0.420. The van der Waals surface area contributed by atoms with Crippen LogP contribution in [0, 0.1) is 0 Å². The van der Waals surface area contributed by atoms with Gasteiger partial charge >= 0.3 is 0 Å². The molecule has 0 aliphatic carbocycles. The van der Waals surface area contributed by atoms with Gasteiger partial charge in [-0.05, 0) is 0 Å². The summed E-state index contributed by atoms with van der Waals surface area (Å²) in [5.41, 5.74) is 5.38. The summed E-state index contributed by atoms with van der Waals surface area (Å²) in [6.07, 6.45) is 0. The summed E-state index contributed by atoms with van der Waals surface area (Å²) in [6, 6.07) is -0.305. The summed E-state index contributed by atoms with van der Waals surface area (Å²) in [4.78, 5) is 12.6. The maximum atomic E-state index is 11.0. The minimum Gasteiger partial charge on any atom is -0.338 e. The molecule has 0 spiro atoms. The second-order valence-corrected chi connectivity index (χ2v) is 4.69. The molecule has 1 fully saturated rings. The summed E-state index contributed by atoms with van der Waals surface area (Å²) in [6.45, 7) is 3.09. The quantitative estimate of drug-likeness (QED) is 0.574. The zero-order valence-electron chi connectivity index (χ0n) is 7.16. The van der Waals surface area contributed by atoms with Crippen LogP contribution in [0.1, 0.15) is 6.92 Å². The van der Waals surface area contributed by atoms with E-state index in [0.717, 1.165) is 0 Å². The highest BCUT2D eigenvalue weighted by Gasteiger charge is 2.32. The largest absolute Gasteiger partial charge is 0.338 e. The lowest BCUT2D eigenvalue weighted by atomic mass is 10.1. The number of nitrogens with zero attached hydrogens (tertiary/aromatic N) is 1. The second-order valence-electron chi connectivity index (χ2n) is 2.82. The number of hydrogen-bond acceptors (Lipinski definition) is 3. The van der Waals surface area contributed by atoms with E-state index < -0.39 is 10.8 Å². The molecule has 70 valence electrons. The molecular formula is C7H14N2O2S. The molecule has 1 heterocycles. The van der Waals surface area contributed by atoms with Gasteiger partial charge in [0, 0.05) is 35.4 Å². The average molecular weight is 190 g/mol. The van der Waals surface area contributed by atoms with E-state index in [0.29, 0.717) is 24.6 Å². The highest BCUT2D eigenvalue weighted by atomic mass is 32.2. The van der Waals surface area contributed by atoms with Crippen LogP contribution in [0.15, 0.2) is 0 Å². The molecule has 2 N–H and O–H groups in total. The second kappa shape index (κ2) is 4.00. The molecule has 0 aromatic heterocycles. The van der Waals surface area contributed by atoms with Crippen LogP contribution >= 0.6 is 0 Å². The molecular weight excluding hydrogens is 176 g/mol. The molecule has 1 saturated heterocycles. The molecule has 2 unspecified atom stereocenters. The van der Waals surface area contributed by atoms with Crippen LogP contribution in [0.3, 0.4) is 0 Å². The molecule has 0 bridgehead atoms. The first kappa shape index (κ1) is 9.67. The van der Waals surface area contributed by atoms with Crippen LogP contribution in [-0.4, -0.2) is 45.7 Å². The Morgan fingerprint density at radius 2 is 2.42 bits per heavy atom. The van der Waals surface area contributed by atoms with Crippen molar-refractivity contribution in [1.82, 2.24) is 4.90 Å². The van der Waals surface area contributed by atoms with Crippen molar-refractivity contribution < 1.29 is 9.00 Å². The highest BCUT2D eigenvalue weighted by Crippen LogP contribution is 2.06. The Morgan fingerprint density at radius 1 is 1.75 bits per heavy atom. The molecule has 0 saturated carbocycles. The van der Waals surface area contributed by atoms with E-state index in [9.17, 15) is 9.00 Å². The van der Waals surface area contributed by atoms with Gasteiger partial charge in [-0.15, -0.1) is 0 Å². The van der Waals surface area contributed by atoms with Gasteiger partial charge in [-0.25, -0.2) is 0 Å². The number of nitrogens with two attached hydrogens (primary N) is 1. The molecule has 1 aliphatic rings. The predicted octanol–water partition coefficient (Wildman–Crippen LogP) is -1.08. The van der Waals surface area contributed by atoms with Crippen LogP contribution < -0.4 is 5.73 Å². The number of hydrogen-bond donors (Lipinski definition) is 1. The molecule has 0 aromatic rings. The van der Waals surface area contributed by atoms with Crippen molar-refractivity contribution in [3.63, 3.8) is 0 Å². The van der Waals surface area contributed by atoms with Gasteiger partial charge in [0.25, 0.3) is 0 Å². The van der Waals surface area contributed by atoms with Gasteiger partial charge in [-0.3, -0.25) is 9.00 Å². The van der Waals surface area contributed by atoms with Crippen molar-refractivity contribution >= 4 is 16.7 Å². The molecule has 1 rings (SSSR count). The van der Waals surface area contributed by atoms with Crippen molar-refractivity contribution in [2.45, 2.75) is 13.0 Å². The summed E-state index contributed by atoms with van der Waals surface area (Å²) in [7, 11) is -0.776. The normalized spacial score (nSPS) is 25.3. The van der Waals surface area contributed by atoms with E-state index in [2.05, 4.69) is 0 Å². The first-order valence-electron chi connectivity index (χ1n) is 4.04. The van der Waals surface area contributed by atoms with E-state index in [4.69, 9.17) is 5.73 Å². The van der Waals surface area contributed by atoms with Crippen LogP contribution in [0.5, 0.6) is 0 Å². The minimum absolute atomic E-state index is 0.0110. The van der Waals surface area contributed by atoms with Gasteiger partial charge in [0.05, 0.1) is 0 Å². The fourth-order valence-electron chi connectivity index (χ4n) is 1.09. The number of carbonyl (C=O) groups excluding carboxylic acids is 1. The number of carbonyl (C=O) groups is 1. The van der Waals surface area contributed by atoms with Crippen LogP contribution in [0.25, 0.3) is 0 Å². The first-order chi connectivity index (χ1) is 5.65. The molecule has 2 atom stereocenters. The Kier molecular flexibility index (Phi) is 3.22. The van der Waals surface area contributed by atoms with Crippen molar-refractivity contribution in [3.8, 4) is 0 Å². The third-order valence-corrected chi connectivity index (χ3v) is 3.24. The molecule has 0 radical (unpaired) electrons. The first-order valence-corrected chi connectivity index (χ1v) is 5.53. The van der Waals surface area contributed by atoms with E-state index >= 15 is 0 Å². The van der Waals surface area contributed by atoms with Gasteiger partial charge in [0.1, 0.15) is 6.04 Å². The Labute approximate surface area is 74.6 Å². The smallest absolute Gasteiger partial charge is 0.241 e. The number of β-lactam (4-membered cyclic amide) rings is 1. The molecule has 0 aromatic carbocycles. The standard InChI is InChI=1S/C7H14N2O2S/c1-2-12(11)4-3-9-5-6(8)7(9)10/h6H,2-5,8H2,1H3. The van der Waals surface area contributed by atoms with E-state index in [1.807, 2.05) is 6.92 Å². The van der Waals surface area contributed by atoms with Gasteiger partial charge < -0.3 is 10.6 Å². The number of rotatable bonds is 4. The molecule has 1 amide bonds. The number of likely N-dealkylation sites (tertiary alicyclic amines) is 1. The summed E-state index contributed by atoms with van der Waals surface area (Å²) in [5.74, 6) is 1.23. The lowest BCUT2D eigenvalue weighted by Gasteiger charge is -2.35. The van der Waals surface area contributed by atoms with Crippen molar-refractivity contribution in [2.75, 3.05) is 24.6 Å². The average Bonchev–Trinajstić information content (AvgIpc) is 2.10. The maximum absolute atomic E-state index is 11.0. The van der Waals surface area contributed by atoms with E-state index in [1.165, 1.54) is 0 Å². The molecule has 5 heteroatoms. The van der Waals surface area contributed by atoms with Crippen LogP contribution in [0.2, 0.25) is 0 Å². The molecule has 1 aliphatic heterocycles. The third kappa shape index (κ3) is 2.04. The summed E-state index contributed by atoms with van der Waals surface area (Å²) in [5, 5.41) is 0. The fraction of sp³-hybridized carbons (Fsp3) is 0.857. The van der Waals surface area contributed by atoms with Gasteiger partial charge in [-0.1, -0.05) is 6.92 Å². The van der Waals surface area contributed by atoms with Crippen LogP contribution in [-0.2, 0) is 15.6 Å². The SMILES string of the molecule is CCS(=O)CCN1CC(N)C1=O. The molecule has 12 heavy (non-hydrogen) atoms. The van der Waals surface area contributed by atoms with Crippen molar-refractivity contribution in [1.29, 1.82) is 0 Å². The van der Waals surface area contributed by atoms with Crippen molar-refractivity contribution in [2.24, 2.45) is 5.73 Å². The Balaban J connectivity index is 2.18. The zero-order chi connectivity index (χ0) is 9.14. The summed E-state index contributed by atoms with van der Waals surface area (Å²) >= 11 is 0. The zero-order valence-corrected chi connectivity index (χ0v) is 7.97. The third-order valence-electron chi connectivity index (χ3n) is 1.96. The van der Waals surface area contributed by atoms with Crippen LogP contribution in [0.4, 0.5) is 0 Å². The highest BCUT2D eigenvalue weighted by molar-refractivity contribution is 7.84. The lowest BCUT2D eigenvalue weighted by molar-refractivity contribution is -0.141. The lowest BCUT2D eigenvalue weighted by Crippen LogP contribution is -2.61. The van der Waals surface area contributed by atoms with Crippen molar-refractivity contribution in [3.05, 3.63) is 0 Å². The maximum Gasteiger partial charge on any atom is 0.241 e. The monoisotopic (exact) mass is 190 g/mol. The fourth-order valence-corrected chi connectivity index (χ4v) is 1.80. The van der Waals surface area contributed by atoms with Gasteiger partial charge in [0.15, 0.2) is 0 Å².